The first-order chi connectivity index (χ1) is 17.7. The number of aryl methyl sites for hydroxylation is 1. The lowest BCUT2D eigenvalue weighted by atomic mass is 9.94. The quantitative estimate of drug-likeness (QED) is 0.409. The van der Waals surface area contributed by atoms with Crippen LogP contribution in [-0.4, -0.2) is 65.0 Å². The minimum atomic E-state index is 0.0865. The molecule has 0 saturated carbocycles. The normalized spacial score (nSPS) is 17.1. The molecule has 8 heteroatoms. The van der Waals surface area contributed by atoms with Crippen LogP contribution < -0.4 is 9.80 Å². The molecule has 3 aromatic heterocycles. The summed E-state index contributed by atoms with van der Waals surface area (Å²) in [6, 6.07) is 18.7. The molecule has 0 N–H and O–H groups in total. The highest BCUT2D eigenvalue weighted by Gasteiger charge is 2.31. The van der Waals surface area contributed by atoms with Gasteiger partial charge in [0.25, 0.3) is 0 Å². The molecule has 2 aliphatic rings. The maximum absolute atomic E-state index is 13.3. The summed E-state index contributed by atoms with van der Waals surface area (Å²) in [6.45, 7) is 6.84. The molecule has 4 aromatic rings. The zero-order valence-electron chi connectivity index (χ0n) is 20.5. The Kier molecular flexibility index (Phi) is 6.27. The van der Waals surface area contributed by atoms with E-state index in [-0.39, 0.29) is 5.92 Å². The van der Waals surface area contributed by atoms with Crippen molar-refractivity contribution in [2.24, 2.45) is 5.92 Å². The van der Waals surface area contributed by atoms with Crippen LogP contribution in [0, 0.1) is 12.8 Å². The molecular weight excluding hydrogens is 468 g/mol. The largest absolute Gasteiger partial charge is 0.356 e. The van der Waals surface area contributed by atoms with E-state index in [4.69, 9.17) is 9.97 Å². The Hall–Kier alpha value is -3.52. The summed E-state index contributed by atoms with van der Waals surface area (Å²) in [5.74, 6) is 3.19. The lowest BCUT2D eigenvalue weighted by Crippen LogP contribution is -2.52. The molecule has 5 heterocycles. The van der Waals surface area contributed by atoms with Crippen molar-refractivity contribution in [1.82, 2.24) is 19.9 Å². The van der Waals surface area contributed by atoms with E-state index in [1.54, 1.807) is 11.3 Å². The Balaban J connectivity index is 1.12. The SMILES string of the molecule is Cc1nc(N2CCC(C(=O)N3CCN(c4ccccn4)CC3)CC2)c2cc(-c3ccccc3)sc2n1. The third-order valence-corrected chi connectivity index (χ3v) is 8.33. The predicted molar refractivity (Wildman–Crippen MR) is 146 cm³/mol. The number of anilines is 2. The first kappa shape index (κ1) is 22.9. The van der Waals surface area contributed by atoms with Gasteiger partial charge >= 0.3 is 0 Å². The molecule has 0 unspecified atom stereocenters. The summed E-state index contributed by atoms with van der Waals surface area (Å²) < 4.78 is 0. The van der Waals surface area contributed by atoms with Crippen molar-refractivity contribution in [3.8, 4) is 10.4 Å². The van der Waals surface area contributed by atoms with E-state index in [1.165, 1.54) is 10.4 Å². The van der Waals surface area contributed by atoms with Gasteiger partial charge in [0.2, 0.25) is 5.91 Å². The fraction of sp³-hybridized carbons (Fsp3) is 0.357. The van der Waals surface area contributed by atoms with E-state index in [2.05, 4.69) is 50.0 Å². The minimum absolute atomic E-state index is 0.0865. The third kappa shape index (κ3) is 4.53. The van der Waals surface area contributed by atoms with Crippen LogP contribution in [0.4, 0.5) is 11.6 Å². The van der Waals surface area contributed by atoms with Gasteiger partial charge in [0, 0.05) is 56.3 Å². The number of hydrogen-bond donors (Lipinski definition) is 0. The topological polar surface area (TPSA) is 65.5 Å². The molecule has 7 nitrogen and oxygen atoms in total. The number of carbonyl (C=O) groups is 1. The fourth-order valence-corrected chi connectivity index (χ4v) is 6.37. The molecule has 0 aliphatic carbocycles. The molecule has 6 rings (SSSR count). The smallest absolute Gasteiger partial charge is 0.225 e. The molecule has 0 radical (unpaired) electrons. The highest BCUT2D eigenvalue weighted by Crippen LogP contribution is 2.37. The van der Waals surface area contributed by atoms with Gasteiger partial charge in [-0.15, -0.1) is 11.3 Å². The maximum atomic E-state index is 13.3. The maximum Gasteiger partial charge on any atom is 0.225 e. The summed E-state index contributed by atoms with van der Waals surface area (Å²) in [7, 11) is 0. The number of piperidine rings is 1. The number of carbonyl (C=O) groups excluding carboxylic acids is 1. The number of pyridine rings is 1. The zero-order chi connectivity index (χ0) is 24.5. The lowest BCUT2D eigenvalue weighted by Gasteiger charge is -2.39. The monoisotopic (exact) mass is 498 g/mol. The minimum Gasteiger partial charge on any atom is -0.356 e. The van der Waals surface area contributed by atoms with Gasteiger partial charge in [-0.05, 0) is 43.5 Å². The second-order valence-corrected chi connectivity index (χ2v) is 10.6. The number of thiophene rings is 1. The van der Waals surface area contributed by atoms with Crippen molar-refractivity contribution >= 4 is 39.1 Å². The Morgan fingerprint density at radius 3 is 2.36 bits per heavy atom. The highest BCUT2D eigenvalue weighted by atomic mass is 32.1. The number of piperazine rings is 1. The molecule has 2 fully saturated rings. The van der Waals surface area contributed by atoms with Gasteiger partial charge in [0.15, 0.2) is 0 Å². The lowest BCUT2D eigenvalue weighted by molar-refractivity contribution is -0.136. The first-order valence-corrected chi connectivity index (χ1v) is 13.5. The number of fused-ring (bicyclic) bond motifs is 1. The predicted octanol–water partition coefficient (Wildman–Crippen LogP) is 4.63. The molecule has 2 aliphatic heterocycles. The zero-order valence-corrected chi connectivity index (χ0v) is 21.3. The molecule has 2 saturated heterocycles. The van der Waals surface area contributed by atoms with Crippen LogP contribution in [0.5, 0.6) is 0 Å². The van der Waals surface area contributed by atoms with Crippen LogP contribution in [0.25, 0.3) is 20.7 Å². The number of amides is 1. The van der Waals surface area contributed by atoms with Gasteiger partial charge in [-0.3, -0.25) is 4.79 Å². The van der Waals surface area contributed by atoms with Crippen LogP contribution in [0.15, 0.2) is 60.8 Å². The standard InChI is InChI=1S/C28H30N6OS/c1-20-30-26(23-19-24(36-27(23)31-20)21-7-3-2-4-8-21)33-13-10-22(11-14-33)28(35)34-17-15-32(16-18-34)25-9-5-6-12-29-25/h2-9,12,19,22H,10-11,13-18H2,1H3. The first-order valence-electron chi connectivity index (χ1n) is 12.7. The molecule has 1 amide bonds. The van der Waals surface area contributed by atoms with Crippen molar-refractivity contribution in [2.45, 2.75) is 19.8 Å². The van der Waals surface area contributed by atoms with Gasteiger partial charge in [-0.25, -0.2) is 15.0 Å². The van der Waals surface area contributed by atoms with Crippen LogP contribution >= 0.6 is 11.3 Å². The molecular formula is C28H30N6OS. The molecule has 0 atom stereocenters. The molecule has 0 bridgehead atoms. The molecule has 36 heavy (non-hydrogen) atoms. The average molecular weight is 499 g/mol. The van der Waals surface area contributed by atoms with Gasteiger partial charge in [0.05, 0.1) is 5.39 Å². The van der Waals surface area contributed by atoms with Gasteiger partial charge in [-0.2, -0.15) is 0 Å². The molecule has 0 spiro atoms. The summed E-state index contributed by atoms with van der Waals surface area (Å²) in [6.07, 6.45) is 3.55. The number of benzene rings is 1. The Morgan fingerprint density at radius 2 is 1.64 bits per heavy atom. The van der Waals surface area contributed by atoms with E-state index >= 15 is 0 Å². The van der Waals surface area contributed by atoms with Crippen LogP contribution in [0.3, 0.4) is 0 Å². The fourth-order valence-electron chi connectivity index (χ4n) is 5.29. The van der Waals surface area contributed by atoms with Crippen molar-refractivity contribution in [2.75, 3.05) is 49.1 Å². The molecule has 1 aromatic carbocycles. The van der Waals surface area contributed by atoms with E-state index in [9.17, 15) is 4.79 Å². The summed E-state index contributed by atoms with van der Waals surface area (Å²) in [5, 5.41) is 1.11. The number of nitrogens with zero attached hydrogens (tertiary/aromatic N) is 6. The summed E-state index contributed by atoms with van der Waals surface area (Å²) in [4.78, 5) is 36.2. The van der Waals surface area contributed by atoms with Gasteiger partial charge < -0.3 is 14.7 Å². The Labute approximate surface area is 215 Å². The van der Waals surface area contributed by atoms with Crippen LogP contribution in [0.2, 0.25) is 0 Å². The third-order valence-electron chi connectivity index (χ3n) is 7.25. The summed E-state index contributed by atoms with van der Waals surface area (Å²) >= 11 is 1.72. The number of aromatic nitrogens is 3. The van der Waals surface area contributed by atoms with Crippen LogP contribution in [0.1, 0.15) is 18.7 Å². The Bertz CT molecular complexity index is 1340. The molecule has 184 valence electrons. The van der Waals surface area contributed by atoms with Gasteiger partial charge in [-0.1, -0.05) is 36.4 Å². The van der Waals surface area contributed by atoms with Crippen molar-refractivity contribution in [1.29, 1.82) is 0 Å². The van der Waals surface area contributed by atoms with E-state index in [0.717, 1.165) is 79.8 Å². The van der Waals surface area contributed by atoms with E-state index < -0.39 is 0 Å². The van der Waals surface area contributed by atoms with E-state index in [0.29, 0.717) is 5.91 Å². The second kappa shape index (κ2) is 9.85. The second-order valence-electron chi connectivity index (χ2n) is 9.55. The van der Waals surface area contributed by atoms with E-state index in [1.807, 2.05) is 37.4 Å². The van der Waals surface area contributed by atoms with Crippen molar-refractivity contribution in [3.05, 3.63) is 66.6 Å². The number of hydrogen-bond acceptors (Lipinski definition) is 7. The highest BCUT2D eigenvalue weighted by molar-refractivity contribution is 7.21. The number of rotatable bonds is 4. The Morgan fingerprint density at radius 1 is 0.889 bits per heavy atom. The van der Waals surface area contributed by atoms with Crippen molar-refractivity contribution in [3.63, 3.8) is 0 Å². The van der Waals surface area contributed by atoms with Crippen LogP contribution in [-0.2, 0) is 4.79 Å². The van der Waals surface area contributed by atoms with Gasteiger partial charge in [0.1, 0.15) is 22.3 Å². The van der Waals surface area contributed by atoms with Crippen molar-refractivity contribution < 1.29 is 4.79 Å². The average Bonchev–Trinajstić information content (AvgIpc) is 3.37. The summed E-state index contributed by atoms with van der Waals surface area (Å²) in [5.41, 5.74) is 1.21.